The van der Waals surface area contributed by atoms with Crippen molar-refractivity contribution in [2.45, 2.75) is 32.6 Å². The zero-order valence-corrected chi connectivity index (χ0v) is 14.7. The van der Waals surface area contributed by atoms with E-state index in [1.54, 1.807) is 0 Å². The van der Waals surface area contributed by atoms with E-state index in [2.05, 4.69) is 13.8 Å². The summed E-state index contributed by atoms with van der Waals surface area (Å²) in [7, 11) is 0. The maximum Gasteiger partial charge on any atom is 0.120 e. The smallest absolute Gasteiger partial charge is 0.120 e. The highest BCUT2D eigenvalue weighted by molar-refractivity contribution is 5.54. The van der Waals surface area contributed by atoms with E-state index in [-0.39, 0.29) is 17.4 Å². The second kappa shape index (κ2) is 7.43. The van der Waals surface area contributed by atoms with E-state index >= 15 is 0 Å². The second-order valence-electron chi connectivity index (χ2n) is 6.34. The standard InChI is InChI=1S/C23H24O2/c1-3-16-10-12-19(21(24)14-16)23(18-8-6-5-7-9-18)20-13-11-17(4-2)15-22(20)25/h5-15,23-25H,3-4H2,1-2H3. The summed E-state index contributed by atoms with van der Waals surface area (Å²) >= 11 is 0. The van der Waals surface area contributed by atoms with E-state index in [0.717, 1.165) is 40.7 Å². The molecular weight excluding hydrogens is 308 g/mol. The molecular formula is C23H24O2. The fourth-order valence-electron chi connectivity index (χ4n) is 3.28. The molecule has 0 heterocycles. The highest BCUT2D eigenvalue weighted by atomic mass is 16.3. The van der Waals surface area contributed by atoms with Crippen LogP contribution in [-0.4, -0.2) is 10.2 Å². The monoisotopic (exact) mass is 332 g/mol. The molecule has 0 bridgehead atoms. The van der Waals surface area contributed by atoms with Crippen LogP contribution in [0, 0.1) is 0 Å². The number of benzene rings is 3. The molecule has 0 aliphatic heterocycles. The van der Waals surface area contributed by atoms with Gasteiger partial charge in [-0.25, -0.2) is 0 Å². The SMILES string of the molecule is CCc1ccc(C(c2ccccc2)c2ccc(CC)cc2O)c(O)c1. The molecule has 25 heavy (non-hydrogen) atoms. The molecule has 0 aromatic heterocycles. The van der Waals surface area contributed by atoms with E-state index in [0.29, 0.717) is 0 Å². The van der Waals surface area contributed by atoms with Crippen LogP contribution in [0.2, 0.25) is 0 Å². The zero-order valence-electron chi connectivity index (χ0n) is 14.7. The van der Waals surface area contributed by atoms with Gasteiger partial charge >= 0.3 is 0 Å². The lowest BCUT2D eigenvalue weighted by molar-refractivity contribution is 0.458. The van der Waals surface area contributed by atoms with Crippen molar-refractivity contribution < 1.29 is 10.2 Å². The van der Waals surface area contributed by atoms with Gasteiger partial charge in [0.05, 0.1) is 0 Å². The lowest BCUT2D eigenvalue weighted by Gasteiger charge is -2.21. The van der Waals surface area contributed by atoms with E-state index in [1.807, 2.05) is 66.7 Å². The Bertz CT molecular complexity index is 800. The molecule has 0 atom stereocenters. The molecule has 3 aromatic carbocycles. The maximum atomic E-state index is 10.6. The largest absolute Gasteiger partial charge is 0.508 e. The Kier molecular flexibility index (Phi) is 5.08. The molecule has 3 rings (SSSR count). The van der Waals surface area contributed by atoms with E-state index in [9.17, 15) is 10.2 Å². The summed E-state index contributed by atoms with van der Waals surface area (Å²) in [4.78, 5) is 0. The Morgan fingerprint density at radius 2 is 1.16 bits per heavy atom. The predicted molar refractivity (Wildman–Crippen MR) is 102 cm³/mol. The van der Waals surface area contributed by atoms with Gasteiger partial charge in [-0.1, -0.05) is 68.4 Å². The third-order valence-electron chi connectivity index (χ3n) is 4.76. The van der Waals surface area contributed by atoms with Gasteiger partial charge in [0.2, 0.25) is 0 Å². The summed E-state index contributed by atoms with van der Waals surface area (Å²) in [6.07, 6.45) is 1.75. The average molecular weight is 332 g/mol. The molecule has 0 unspecified atom stereocenters. The molecule has 0 fully saturated rings. The minimum atomic E-state index is -0.210. The van der Waals surface area contributed by atoms with Gasteiger partial charge in [0.1, 0.15) is 11.5 Å². The maximum absolute atomic E-state index is 10.6. The van der Waals surface area contributed by atoms with Gasteiger partial charge in [-0.05, 0) is 41.7 Å². The first-order valence-electron chi connectivity index (χ1n) is 8.82. The fourth-order valence-corrected chi connectivity index (χ4v) is 3.28. The molecule has 0 saturated heterocycles. The number of aryl methyl sites for hydroxylation is 2. The Morgan fingerprint density at radius 1 is 0.680 bits per heavy atom. The van der Waals surface area contributed by atoms with E-state index in [1.165, 1.54) is 0 Å². The lowest BCUT2D eigenvalue weighted by atomic mass is 9.83. The van der Waals surface area contributed by atoms with Crippen LogP contribution in [0.15, 0.2) is 66.7 Å². The van der Waals surface area contributed by atoms with E-state index in [4.69, 9.17) is 0 Å². The number of rotatable bonds is 5. The highest BCUT2D eigenvalue weighted by Crippen LogP contribution is 2.40. The third-order valence-corrected chi connectivity index (χ3v) is 4.76. The topological polar surface area (TPSA) is 40.5 Å². The number of hydrogen-bond donors (Lipinski definition) is 2. The number of aromatic hydroxyl groups is 2. The van der Waals surface area contributed by atoms with Gasteiger partial charge in [0.25, 0.3) is 0 Å². The van der Waals surface area contributed by atoms with Crippen molar-refractivity contribution in [3.8, 4) is 11.5 Å². The van der Waals surface area contributed by atoms with Crippen LogP contribution in [0.1, 0.15) is 47.6 Å². The van der Waals surface area contributed by atoms with Gasteiger partial charge < -0.3 is 10.2 Å². The molecule has 0 spiro atoms. The second-order valence-corrected chi connectivity index (χ2v) is 6.34. The molecule has 2 nitrogen and oxygen atoms in total. The van der Waals surface area contributed by atoms with Gasteiger partial charge in [-0.2, -0.15) is 0 Å². The molecule has 3 aromatic rings. The molecule has 0 saturated carbocycles. The first kappa shape index (κ1) is 17.1. The van der Waals surface area contributed by atoms with Crippen LogP contribution < -0.4 is 0 Å². The predicted octanol–water partition coefficient (Wildman–Crippen LogP) is 5.40. The first-order chi connectivity index (χ1) is 12.1. The molecule has 0 amide bonds. The molecule has 128 valence electrons. The van der Waals surface area contributed by atoms with Crippen LogP contribution in [0.3, 0.4) is 0 Å². The van der Waals surface area contributed by atoms with Crippen LogP contribution in [0.25, 0.3) is 0 Å². The Balaban J connectivity index is 2.18. The molecule has 2 heteroatoms. The summed E-state index contributed by atoms with van der Waals surface area (Å²) in [6, 6.07) is 21.7. The van der Waals surface area contributed by atoms with E-state index < -0.39 is 0 Å². The van der Waals surface area contributed by atoms with Crippen LogP contribution in [0.4, 0.5) is 0 Å². The lowest BCUT2D eigenvalue weighted by Crippen LogP contribution is -2.05. The minimum absolute atomic E-state index is 0.210. The van der Waals surface area contributed by atoms with Gasteiger partial charge in [0, 0.05) is 17.0 Å². The fraction of sp³-hybridized carbons (Fsp3) is 0.217. The van der Waals surface area contributed by atoms with Crippen molar-refractivity contribution in [1.82, 2.24) is 0 Å². The van der Waals surface area contributed by atoms with Crippen molar-refractivity contribution in [3.63, 3.8) is 0 Å². The minimum Gasteiger partial charge on any atom is -0.508 e. The Labute approximate surface area is 149 Å². The van der Waals surface area contributed by atoms with Crippen molar-refractivity contribution in [2.24, 2.45) is 0 Å². The quantitative estimate of drug-likeness (QED) is 0.614. The number of phenols is 2. The molecule has 2 N–H and O–H groups in total. The van der Waals surface area contributed by atoms with Gasteiger partial charge in [-0.15, -0.1) is 0 Å². The van der Waals surface area contributed by atoms with Crippen molar-refractivity contribution >= 4 is 0 Å². The summed E-state index contributed by atoms with van der Waals surface area (Å²) in [6.45, 7) is 4.14. The first-order valence-corrected chi connectivity index (χ1v) is 8.82. The summed E-state index contributed by atoms with van der Waals surface area (Å²) in [5.41, 5.74) is 4.85. The Hall–Kier alpha value is -2.74. The van der Waals surface area contributed by atoms with Crippen LogP contribution >= 0.6 is 0 Å². The summed E-state index contributed by atoms with van der Waals surface area (Å²) in [5, 5.41) is 21.3. The molecule has 0 aliphatic rings. The van der Waals surface area contributed by atoms with Crippen LogP contribution in [-0.2, 0) is 12.8 Å². The number of phenolic OH excluding ortho intramolecular Hbond substituents is 2. The third kappa shape index (κ3) is 3.53. The van der Waals surface area contributed by atoms with Crippen LogP contribution in [0.5, 0.6) is 11.5 Å². The zero-order chi connectivity index (χ0) is 17.8. The van der Waals surface area contributed by atoms with Crippen molar-refractivity contribution in [2.75, 3.05) is 0 Å². The highest BCUT2D eigenvalue weighted by Gasteiger charge is 2.22. The summed E-state index contributed by atoms with van der Waals surface area (Å²) in [5.74, 6) is 0.331. The summed E-state index contributed by atoms with van der Waals surface area (Å²) < 4.78 is 0. The molecule has 0 aliphatic carbocycles. The normalized spacial score (nSPS) is 11.0. The Morgan fingerprint density at radius 3 is 1.56 bits per heavy atom. The van der Waals surface area contributed by atoms with Gasteiger partial charge in [-0.3, -0.25) is 0 Å². The van der Waals surface area contributed by atoms with Crippen molar-refractivity contribution in [3.05, 3.63) is 94.5 Å². The average Bonchev–Trinajstić information content (AvgIpc) is 2.65. The van der Waals surface area contributed by atoms with Gasteiger partial charge in [0.15, 0.2) is 0 Å². The number of hydrogen-bond acceptors (Lipinski definition) is 2. The van der Waals surface area contributed by atoms with Crippen molar-refractivity contribution in [1.29, 1.82) is 0 Å². The molecule has 0 radical (unpaired) electrons.